The molecule has 2 aliphatic carbocycles. The van der Waals surface area contributed by atoms with Crippen molar-refractivity contribution in [3.8, 4) is 0 Å². The van der Waals surface area contributed by atoms with Gasteiger partial charge in [-0.2, -0.15) is 0 Å². The minimum absolute atomic E-state index is 0.758. The van der Waals surface area contributed by atoms with Gasteiger partial charge in [0, 0.05) is 25.2 Å². The van der Waals surface area contributed by atoms with Gasteiger partial charge in [-0.1, -0.05) is 46.0 Å². The van der Waals surface area contributed by atoms with Gasteiger partial charge in [-0.25, -0.2) is 0 Å². The van der Waals surface area contributed by atoms with E-state index in [-0.39, 0.29) is 0 Å². The van der Waals surface area contributed by atoms with Gasteiger partial charge in [-0.05, 0) is 44.6 Å². The first kappa shape index (κ1) is 16.3. The zero-order valence-electron chi connectivity index (χ0n) is 14.0. The van der Waals surface area contributed by atoms with Crippen LogP contribution in [0.15, 0.2) is 0 Å². The van der Waals surface area contributed by atoms with Crippen molar-refractivity contribution < 1.29 is 0 Å². The van der Waals surface area contributed by atoms with E-state index in [4.69, 9.17) is 0 Å². The van der Waals surface area contributed by atoms with Crippen molar-refractivity contribution in [2.45, 2.75) is 83.7 Å². The molecule has 0 heterocycles. The lowest BCUT2D eigenvalue weighted by Crippen LogP contribution is -2.45. The second kappa shape index (κ2) is 8.38. The summed E-state index contributed by atoms with van der Waals surface area (Å²) < 4.78 is 0. The van der Waals surface area contributed by atoms with E-state index in [2.05, 4.69) is 31.1 Å². The quantitative estimate of drug-likeness (QED) is 0.738. The molecule has 2 nitrogen and oxygen atoms in total. The summed E-state index contributed by atoms with van der Waals surface area (Å²) in [5.41, 5.74) is 0. The van der Waals surface area contributed by atoms with E-state index in [1.165, 1.54) is 70.9 Å². The average molecular weight is 281 g/mol. The highest BCUT2D eigenvalue weighted by Crippen LogP contribution is 2.29. The highest BCUT2D eigenvalue weighted by atomic mass is 15.2. The van der Waals surface area contributed by atoms with Crippen LogP contribution in [0.4, 0.5) is 0 Å². The van der Waals surface area contributed by atoms with Crippen LogP contribution in [-0.2, 0) is 0 Å². The van der Waals surface area contributed by atoms with Gasteiger partial charge in [-0.3, -0.25) is 4.90 Å². The molecule has 2 rings (SSSR count). The molecule has 0 spiro atoms. The summed E-state index contributed by atoms with van der Waals surface area (Å²) in [6.45, 7) is 7.40. The van der Waals surface area contributed by atoms with Crippen molar-refractivity contribution in [1.82, 2.24) is 10.2 Å². The fraction of sp³-hybridized carbons (Fsp3) is 1.00. The third-order valence-electron chi connectivity index (χ3n) is 5.44. The molecule has 0 aromatic heterocycles. The fourth-order valence-corrected chi connectivity index (χ4v) is 4.40. The third-order valence-corrected chi connectivity index (χ3v) is 5.44. The predicted molar refractivity (Wildman–Crippen MR) is 88.1 cm³/mol. The highest BCUT2D eigenvalue weighted by molar-refractivity contribution is 4.85. The molecule has 0 bridgehead atoms. The molecule has 2 fully saturated rings. The Hall–Kier alpha value is -0.0800. The molecule has 2 atom stereocenters. The van der Waals surface area contributed by atoms with Crippen LogP contribution in [0.3, 0.4) is 0 Å². The number of hydrogen-bond donors (Lipinski definition) is 1. The summed E-state index contributed by atoms with van der Waals surface area (Å²) in [4.78, 5) is 2.86. The van der Waals surface area contributed by atoms with E-state index in [1.54, 1.807) is 0 Å². The molecule has 0 radical (unpaired) electrons. The molecule has 2 saturated carbocycles. The van der Waals surface area contributed by atoms with Crippen molar-refractivity contribution in [3.05, 3.63) is 0 Å². The van der Waals surface area contributed by atoms with Crippen LogP contribution in [0.5, 0.6) is 0 Å². The Kier molecular flexibility index (Phi) is 6.83. The topological polar surface area (TPSA) is 15.3 Å². The van der Waals surface area contributed by atoms with Gasteiger partial charge < -0.3 is 5.32 Å². The van der Waals surface area contributed by atoms with Crippen molar-refractivity contribution in [2.75, 3.05) is 20.1 Å². The molecular formula is C18H36N2. The van der Waals surface area contributed by atoms with E-state index in [9.17, 15) is 0 Å². The van der Waals surface area contributed by atoms with E-state index in [0.29, 0.717) is 0 Å². The highest BCUT2D eigenvalue weighted by Gasteiger charge is 2.29. The predicted octanol–water partition coefficient (Wildman–Crippen LogP) is 4.06. The van der Waals surface area contributed by atoms with Crippen LogP contribution in [0, 0.1) is 11.8 Å². The molecule has 0 amide bonds. The van der Waals surface area contributed by atoms with Gasteiger partial charge >= 0.3 is 0 Å². The minimum atomic E-state index is 0.758. The second-order valence-corrected chi connectivity index (χ2v) is 7.58. The Labute approximate surface area is 126 Å². The van der Waals surface area contributed by atoms with Crippen molar-refractivity contribution in [2.24, 2.45) is 11.8 Å². The van der Waals surface area contributed by atoms with E-state index in [0.717, 1.165) is 23.9 Å². The zero-order valence-corrected chi connectivity index (χ0v) is 14.0. The van der Waals surface area contributed by atoms with E-state index >= 15 is 0 Å². The molecular weight excluding hydrogens is 244 g/mol. The first-order chi connectivity index (χ1) is 9.70. The largest absolute Gasteiger partial charge is 0.317 e. The second-order valence-electron chi connectivity index (χ2n) is 7.58. The van der Waals surface area contributed by atoms with Crippen LogP contribution in [-0.4, -0.2) is 37.1 Å². The van der Waals surface area contributed by atoms with Gasteiger partial charge in [0.05, 0.1) is 0 Å². The van der Waals surface area contributed by atoms with Gasteiger partial charge in [0.2, 0.25) is 0 Å². The van der Waals surface area contributed by atoms with Crippen LogP contribution >= 0.6 is 0 Å². The Morgan fingerprint density at radius 2 is 1.60 bits per heavy atom. The van der Waals surface area contributed by atoms with Crippen LogP contribution in [0.25, 0.3) is 0 Å². The van der Waals surface area contributed by atoms with Crippen LogP contribution in [0.2, 0.25) is 0 Å². The normalized spacial score (nSPS) is 29.2. The lowest BCUT2D eigenvalue weighted by molar-refractivity contribution is 0.132. The molecule has 0 aliphatic heterocycles. The summed E-state index contributed by atoms with van der Waals surface area (Å²) in [5.74, 6) is 1.68. The van der Waals surface area contributed by atoms with Crippen LogP contribution in [0.1, 0.15) is 71.6 Å². The van der Waals surface area contributed by atoms with Gasteiger partial charge in [-0.15, -0.1) is 0 Å². The van der Waals surface area contributed by atoms with Gasteiger partial charge in [0.25, 0.3) is 0 Å². The lowest BCUT2D eigenvalue weighted by Gasteiger charge is -2.36. The number of hydrogen-bond acceptors (Lipinski definition) is 2. The Balaban J connectivity index is 1.96. The summed E-state index contributed by atoms with van der Waals surface area (Å²) >= 11 is 0. The molecule has 20 heavy (non-hydrogen) atoms. The maximum atomic E-state index is 3.62. The third kappa shape index (κ3) is 4.73. The number of nitrogens with zero attached hydrogens (tertiary/aromatic N) is 1. The standard InChI is InChI=1S/C18H36N2/c1-15(2)13-20(17-10-7-8-11-17)14-16-9-5-4-6-12-18(16)19-3/h15-19H,4-14H2,1-3H3. The van der Waals surface area contributed by atoms with Crippen molar-refractivity contribution in [1.29, 1.82) is 0 Å². The Morgan fingerprint density at radius 1 is 0.950 bits per heavy atom. The maximum Gasteiger partial charge on any atom is 0.0104 e. The smallest absolute Gasteiger partial charge is 0.0104 e. The van der Waals surface area contributed by atoms with E-state index in [1.807, 2.05) is 0 Å². The maximum absolute atomic E-state index is 3.62. The lowest BCUT2D eigenvalue weighted by atomic mass is 9.93. The Bertz CT molecular complexity index is 258. The fourth-order valence-electron chi connectivity index (χ4n) is 4.40. The number of rotatable bonds is 6. The average Bonchev–Trinajstić information content (AvgIpc) is 2.85. The molecule has 0 saturated heterocycles. The van der Waals surface area contributed by atoms with Crippen LogP contribution < -0.4 is 5.32 Å². The van der Waals surface area contributed by atoms with Crippen molar-refractivity contribution in [3.63, 3.8) is 0 Å². The van der Waals surface area contributed by atoms with Gasteiger partial charge in [0.1, 0.15) is 0 Å². The number of nitrogens with one attached hydrogen (secondary N) is 1. The molecule has 118 valence electrons. The molecule has 2 aliphatic rings. The van der Waals surface area contributed by atoms with Gasteiger partial charge in [0.15, 0.2) is 0 Å². The summed E-state index contributed by atoms with van der Waals surface area (Å²) in [6, 6.07) is 1.65. The molecule has 1 N–H and O–H groups in total. The summed E-state index contributed by atoms with van der Waals surface area (Å²) in [5, 5.41) is 3.62. The molecule has 0 aromatic rings. The summed E-state index contributed by atoms with van der Waals surface area (Å²) in [6.07, 6.45) is 13.0. The Morgan fingerprint density at radius 3 is 2.25 bits per heavy atom. The monoisotopic (exact) mass is 280 g/mol. The first-order valence-corrected chi connectivity index (χ1v) is 9.12. The van der Waals surface area contributed by atoms with E-state index < -0.39 is 0 Å². The summed E-state index contributed by atoms with van der Waals surface area (Å²) in [7, 11) is 2.17. The molecule has 2 heteroatoms. The SMILES string of the molecule is CNC1CCCCCC1CN(CC(C)C)C1CCCC1. The molecule has 0 aromatic carbocycles. The minimum Gasteiger partial charge on any atom is -0.317 e. The molecule has 2 unspecified atom stereocenters. The zero-order chi connectivity index (χ0) is 14.4. The first-order valence-electron chi connectivity index (χ1n) is 9.12. The van der Waals surface area contributed by atoms with Crippen molar-refractivity contribution >= 4 is 0 Å².